The van der Waals surface area contributed by atoms with Crippen molar-refractivity contribution in [1.29, 1.82) is 0 Å². The number of hydrogen-bond donors (Lipinski definition) is 1. The van der Waals surface area contributed by atoms with Crippen molar-refractivity contribution in [3.05, 3.63) is 12.2 Å². The summed E-state index contributed by atoms with van der Waals surface area (Å²) in [4.78, 5) is 0. The van der Waals surface area contributed by atoms with Gasteiger partial charge < -0.3 is 5.32 Å². The van der Waals surface area contributed by atoms with E-state index in [2.05, 4.69) is 31.4 Å². The van der Waals surface area contributed by atoms with Crippen molar-refractivity contribution >= 4 is 0 Å². The maximum Gasteiger partial charge on any atom is 0.0178 e. The van der Waals surface area contributed by atoms with E-state index in [0.717, 1.165) is 0 Å². The summed E-state index contributed by atoms with van der Waals surface area (Å²) >= 11 is 0. The quantitative estimate of drug-likeness (QED) is 0.202. The molecule has 0 amide bonds. The predicted molar refractivity (Wildman–Crippen MR) is 119 cm³/mol. The van der Waals surface area contributed by atoms with Crippen LogP contribution in [0.1, 0.15) is 135 Å². The Morgan fingerprint density at radius 3 is 1.69 bits per heavy atom. The van der Waals surface area contributed by atoms with Crippen LogP contribution in [-0.4, -0.2) is 12.6 Å². The van der Waals surface area contributed by atoms with Gasteiger partial charge in [0.25, 0.3) is 0 Å². The molecular formula is C25H49N. The second-order valence-corrected chi connectivity index (χ2v) is 8.78. The number of nitrogens with one attached hydrogen (secondary N) is 1. The minimum atomic E-state index is 0.499. The Morgan fingerprint density at radius 2 is 1.15 bits per heavy atom. The van der Waals surface area contributed by atoms with E-state index in [0.29, 0.717) is 5.54 Å². The van der Waals surface area contributed by atoms with Crippen molar-refractivity contribution < 1.29 is 0 Å². The summed E-state index contributed by atoms with van der Waals surface area (Å²) < 4.78 is 0. The minimum absolute atomic E-state index is 0.499. The van der Waals surface area contributed by atoms with Crippen LogP contribution in [0.5, 0.6) is 0 Å². The third kappa shape index (κ3) is 12.2. The Kier molecular flexibility index (Phi) is 15.4. The maximum atomic E-state index is 3.66. The third-order valence-corrected chi connectivity index (χ3v) is 6.51. The molecular weight excluding hydrogens is 314 g/mol. The SMILES string of the molecule is CCCCCCCC/C=C/CCCCCCCCC1(NC)CCCCC1. The number of rotatable bonds is 17. The zero-order chi connectivity index (χ0) is 18.8. The molecule has 0 spiro atoms. The van der Waals surface area contributed by atoms with Crippen LogP contribution < -0.4 is 5.32 Å². The van der Waals surface area contributed by atoms with Gasteiger partial charge in [0.15, 0.2) is 0 Å². The molecule has 1 fully saturated rings. The van der Waals surface area contributed by atoms with E-state index in [1.165, 1.54) is 128 Å². The molecule has 1 saturated carbocycles. The zero-order valence-electron chi connectivity index (χ0n) is 18.3. The van der Waals surface area contributed by atoms with E-state index in [4.69, 9.17) is 0 Å². The molecule has 154 valence electrons. The Balaban J connectivity index is 1.82. The van der Waals surface area contributed by atoms with Crippen molar-refractivity contribution in [3.8, 4) is 0 Å². The van der Waals surface area contributed by atoms with Gasteiger partial charge in [0, 0.05) is 5.54 Å². The third-order valence-electron chi connectivity index (χ3n) is 6.51. The molecule has 0 aromatic heterocycles. The molecule has 26 heavy (non-hydrogen) atoms. The topological polar surface area (TPSA) is 12.0 Å². The van der Waals surface area contributed by atoms with Gasteiger partial charge in [-0.05, 0) is 52.0 Å². The van der Waals surface area contributed by atoms with Gasteiger partial charge in [-0.25, -0.2) is 0 Å². The molecule has 0 aromatic rings. The van der Waals surface area contributed by atoms with Crippen LogP contribution in [0.15, 0.2) is 12.2 Å². The molecule has 1 nitrogen and oxygen atoms in total. The summed E-state index contributed by atoms with van der Waals surface area (Å²) in [5.74, 6) is 0. The van der Waals surface area contributed by atoms with Gasteiger partial charge in [-0.1, -0.05) is 103 Å². The first kappa shape index (κ1) is 23.7. The van der Waals surface area contributed by atoms with Gasteiger partial charge in [0.1, 0.15) is 0 Å². The predicted octanol–water partition coefficient (Wildman–Crippen LogP) is 8.34. The van der Waals surface area contributed by atoms with E-state index < -0.39 is 0 Å². The average Bonchev–Trinajstić information content (AvgIpc) is 2.68. The van der Waals surface area contributed by atoms with Crippen LogP contribution in [0.2, 0.25) is 0 Å². The molecule has 0 atom stereocenters. The van der Waals surface area contributed by atoms with Crippen LogP contribution in [0.4, 0.5) is 0 Å². The first-order valence-electron chi connectivity index (χ1n) is 12.2. The molecule has 1 N–H and O–H groups in total. The van der Waals surface area contributed by atoms with E-state index in [-0.39, 0.29) is 0 Å². The Morgan fingerprint density at radius 1 is 0.654 bits per heavy atom. The first-order chi connectivity index (χ1) is 12.8. The molecule has 0 unspecified atom stereocenters. The van der Waals surface area contributed by atoms with Gasteiger partial charge >= 0.3 is 0 Å². The molecule has 0 radical (unpaired) electrons. The summed E-state index contributed by atoms with van der Waals surface area (Å²) in [6.45, 7) is 2.29. The number of unbranched alkanes of at least 4 members (excludes halogenated alkanes) is 12. The standard InChI is InChI=1S/C25H49N/c1-3-4-5-6-7-8-9-10-11-12-13-14-15-16-17-19-22-25(26-2)23-20-18-21-24-25/h10-11,26H,3-9,12-24H2,1-2H3/b11-10+. The summed E-state index contributed by atoms with van der Waals surface area (Å²) in [5, 5.41) is 3.66. The average molecular weight is 364 g/mol. The van der Waals surface area contributed by atoms with Crippen molar-refractivity contribution in [2.75, 3.05) is 7.05 Å². The van der Waals surface area contributed by atoms with Crippen LogP contribution in [-0.2, 0) is 0 Å². The van der Waals surface area contributed by atoms with Crippen molar-refractivity contribution in [1.82, 2.24) is 5.32 Å². The van der Waals surface area contributed by atoms with Crippen molar-refractivity contribution in [2.24, 2.45) is 0 Å². The Hall–Kier alpha value is -0.300. The lowest BCUT2D eigenvalue weighted by Crippen LogP contribution is -2.44. The fourth-order valence-corrected chi connectivity index (χ4v) is 4.56. The van der Waals surface area contributed by atoms with Gasteiger partial charge in [0.05, 0.1) is 0 Å². The lowest BCUT2D eigenvalue weighted by atomic mass is 9.78. The zero-order valence-corrected chi connectivity index (χ0v) is 18.3. The molecule has 0 heterocycles. The maximum absolute atomic E-state index is 3.66. The highest BCUT2D eigenvalue weighted by molar-refractivity contribution is 4.89. The molecule has 0 aromatic carbocycles. The Labute approximate surface area is 165 Å². The van der Waals surface area contributed by atoms with E-state index >= 15 is 0 Å². The van der Waals surface area contributed by atoms with Gasteiger partial charge in [-0.3, -0.25) is 0 Å². The monoisotopic (exact) mass is 363 g/mol. The number of hydrogen-bond acceptors (Lipinski definition) is 1. The lowest BCUT2D eigenvalue weighted by molar-refractivity contribution is 0.223. The summed E-state index contributed by atoms with van der Waals surface area (Å²) in [7, 11) is 2.19. The second-order valence-electron chi connectivity index (χ2n) is 8.78. The Bertz CT molecular complexity index is 314. The van der Waals surface area contributed by atoms with Crippen molar-refractivity contribution in [3.63, 3.8) is 0 Å². The molecule has 1 aliphatic carbocycles. The first-order valence-corrected chi connectivity index (χ1v) is 12.2. The van der Waals surface area contributed by atoms with Gasteiger partial charge in [-0.2, -0.15) is 0 Å². The summed E-state index contributed by atoms with van der Waals surface area (Å²) in [5.41, 5.74) is 0.499. The smallest absolute Gasteiger partial charge is 0.0178 e. The summed E-state index contributed by atoms with van der Waals surface area (Å²) in [6, 6.07) is 0. The van der Waals surface area contributed by atoms with E-state index in [9.17, 15) is 0 Å². The fraction of sp³-hybridized carbons (Fsp3) is 0.920. The highest BCUT2D eigenvalue weighted by atomic mass is 14.9. The van der Waals surface area contributed by atoms with E-state index in [1.807, 2.05) is 0 Å². The number of allylic oxidation sites excluding steroid dienone is 2. The van der Waals surface area contributed by atoms with Gasteiger partial charge in [-0.15, -0.1) is 0 Å². The van der Waals surface area contributed by atoms with Crippen LogP contribution in [0, 0.1) is 0 Å². The molecule has 1 heteroatoms. The van der Waals surface area contributed by atoms with Crippen molar-refractivity contribution in [2.45, 2.75) is 141 Å². The van der Waals surface area contributed by atoms with Gasteiger partial charge in [0.2, 0.25) is 0 Å². The fourth-order valence-electron chi connectivity index (χ4n) is 4.56. The lowest BCUT2D eigenvalue weighted by Gasteiger charge is -2.37. The second kappa shape index (κ2) is 16.8. The molecule has 0 bridgehead atoms. The van der Waals surface area contributed by atoms with Crippen LogP contribution in [0.25, 0.3) is 0 Å². The largest absolute Gasteiger partial charge is 0.314 e. The molecule has 0 saturated heterocycles. The molecule has 1 rings (SSSR count). The molecule has 1 aliphatic rings. The highest BCUT2D eigenvalue weighted by Gasteiger charge is 2.29. The molecule has 0 aliphatic heterocycles. The van der Waals surface area contributed by atoms with E-state index in [1.54, 1.807) is 0 Å². The van der Waals surface area contributed by atoms with Crippen LogP contribution in [0.3, 0.4) is 0 Å². The van der Waals surface area contributed by atoms with Crippen LogP contribution >= 0.6 is 0 Å². The highest BCUT2D eigenvalue weighted by Crippen LogP contribution is 2.32. The minimum Gasteiger partial charge on any atom is -0.314 e. The normalized spacial score (nSPS) is 17.2. The summed E-state index contributed by atoms with van der Waals surface area (Å²) in [6.07, 6.45) is 33.1.